The molecular formula is C23H21ClN4O2. The van der Waals surface area contributed by atoms with Crippen molar-refractivity contribution in [3.05, 3.63) is 89.3 Å². The van der Waals surface area contributed by atoms with Crippen molar-refractivity contribution < 1.29 is 9.53 Å². The second-order valence-corrected chi connectivity index (χ2v) is 7.24. The lowest BCUT2D eigenvalue weighted by Crippen LogP contribution is -2.32. The number of amides is 2. The fourth-order valence-corrected chi connectivity index (χ4v) is 3.68. The molecule has 0 unspecified atom stereocenters. The molecule has 2 aromatic heterocycles. The molecule has 2 aromatic carbocycles. The van der Waals surface area contributed by atoms with Crippen LogP contribution in [0.3, 0.4) is 0 Å². The maximum absolute atomic E-state index is 12.6. The molecule has 152 valence electrons. The van der Waals surface area contributed by atoms with Crippen molar-refractivity contribution in [3.63, 3.8) is 0 Å². The van der Waals surface area contributed by atoms with Gasteiger partial charge in [0.2, 0.25) is 0 Å². The Morgan fingerprint density at radius 1 is 1.20 bits per heavy atom. The SMILES string of the molecule is COc1ccc(Cl)cc1NC(=O)NC[C@H](c1cccnc1)c1c[nH]c2ccccc12. The van der Waals surface area contributed by atoms with Gasteiger partial charge < -0.3 is 20.4 Å². The molecule has 0 saturated heterocycles. The van der Waals surface area contributed by atoms with Crippen LogP contribution in [0, 0.1) is 0 Å². The number of hydrogen-bond acceptors (Lipinski definition) is 3. The molecule has 0 aliphatic carbocycles. The number of aromatic amines is 1. The molecule has 6 nitrogen and oxygen atoms in total. The summed E-state index contributed by atoms with van der Waals surface area (Å²) in [6.45, 7) is 0.391. The molecule has 3 N–H and O–H groups in total. The third-order valence-corrected chi connectivity index (χ3v) is 5.20. The second kappa shape index (κ2) is 8.88. The molecule has 30 heavy (non-hydrogen) atoms. The van der Waals surface area contributed by atoms with Crippen LogP contribution in [0.1, 0.15) is 17.0 Å². The van der Waals surface area contributed by atoms with Gasteiger partial charge in [-0.2, -0.15) is 0 Å². The Morgan fingerprint density at radius 2 is 2.07 bits per heavy atom. The minimum atomic E-state index is -0.343. The van der Waals surface area contributed by atoms with Gasteiger partial charge in [0.1, 0.15) is 5.75 Å². The van der Waals surface area contributed by atoms with E-state index in [1.54, 1.807) is 31.5 Å². The number of fused-ring (bicyclic) bond motifs is 1. The quantitative estimate of drug-likeness (QED) is 0.402. The number of carbonyl (C=O) groups excluding carboxylic acids is 1. The van der Waals surface area contributed by atoms with Crippen LogP contribution in [0.2, 0.25) is 5.02 Å². The van der Waals surface area contributed by atoms with E-state index in [9.17, 15) is 4.79 Å². The molecule has 7 heteroatoms. The molecule has 4 aromatic rings. The van der Waals surface area contributed by atoms with Gasteiger partial charge >= 0.3 is 6.03 Å². The van der Waals surface area contributed by atoms with Crippen LogP contribution >= 0.6 is 11.6 Å². The van der Waals surface area contributed by atoms with Crippen LogP contribution in [-0.4, -0.2) is 29.7 Å². The number of ether oxygens (including phenoxy) is 1. The summed E-state index contributed by atoms with van der Waals surface area (Å²) >= 11 is 6.05. The Bertz CT molecular complexity index is 1160. The summed E-state index contributed by atoms with van der Waals surface area (Å²) in [6, 6.07) is 16.7. The molecule has 0 spiro atoms. The summed E-state index contributed by atoms with van der Waals surface area (Å²) in [6.07, 6.45) is 5.55. The molecule has 1 atom stereocenters. The molecule has 0 bridgehead atoms. The standard InChI is InChI=1S/C23H21ClN4O2/c1-30-22-9-8-16(24)11-21(22)28-23(29)27-13-18(15-5-4-10-25-12-15)19-14-26-20-7-3-2-6-17(19)20/h2-12,14,18,26H,13H2,1H3,(H2,27,28,29)/t18-/m1/s1. The Kier molecular flexibility index (Phi) is 5.86. The van der Waals surface area contributed by atoms with Gasteiger partial charge in [-0.15, -0.1) is 0 Å². The zero-order chi connectivity index (χ0) is 20.9. The third kappa shape index (κ3) is 4.23. The van der Waals surface area contributed by atoms with Gasteiger partial charge in [-0.05, 0) is 41.5 Å². The summed E-state index contributed by atoms with van der Waals surface area (Å²) in [4.78, 5) is 20.2. The van der Waals surface area contributed by atoms with Crippen LogP contribution in [0.5, 0.6) is 5.75 Å². The summed E-state index contributed by atoms with van der Waals surface area (Å²) in [5.41, 5.74) is 3.67. The minimum absolute atomic E-state index is 0.0677. The first kappa shape index (κ1) is 19.8. The first-order valence-electron chi connectivity index (χ1n) is 9.50. The van der Waals surface area contributed by atoms with Crippen molar-refractivity contribution in [2.24, 2.45) is 0 Å². The normalized spacial score (nSPS) is 11.8. The van der Waals surface area contributed by atoms with E-state index in [1.807, 2.05) is 42.7 Å². The largest absolute Gasteiger partial charge is 0.495 e. The zero-order valence-corrected chi connectivity index (χ0v) is 17.1. The Morgan fingerprint density at radius 3 is 2.87 bits per heavy atom. The highest BCUT2D eigenvalue weighted by Gasteiger charge is 2.19. The van der Waals surface area contributed by atoms with Gasteiger partial charge in [-0.25, -0.2) is 4.79 Å². The van der Waals surface area contributed by atoms with Gasteiger partial charge in [-0.1, -0.05) is 35.9 Å². The number of hydrogen-bond donors (Lipinski definition) is 3. The smallest absolute Gasteiger partial charge is 0.319 e. The van der Waals surface area contributed by atoms with Crippen LogP contribution in [0.25, 0.3) is 10.9 Å². The van der Waals surface area contributed by atoms with Crippen molar-refractivity contribution in [2.75, 3.05) is 19.0 Å². The number of benzene rings is 2. The molecule has 0 aliphatic rings. The van der Waals surface area contributed by atoms with Crippen LogP contribution in [-0.2, 0) is 0 Å². The predicted octanol–water partition coefficient (Wildman–Crippen LogP) is 5.18. The summed E-state index contributed by atoms with van der Waals surface area (Å²) in [5, 5.41) is 7.40. The first-order chi connectivity index (χ1) is 14.7. The predicted molar refractivity (Wildman–Crippen MR) is 119 cm³/mol. The van der Waals surface area contributed by atoms with E-state index in [4.69, 9.17) is 16.3 Å². The number of para-hydroxylation sites is 1. The molecule has 2 amide bonds. The number of pyridine rings is 1. The molecule has 0 aliphatic heterocycles. The fraction of sp³-hybridized carbons (Fsp3) is 0.130. The number of carbonyl (C=O) groups is 1. The minimum Gasteiger partial charge on any atom is -0.495 e. The Balaban J connectivity index is 1.56. The van der Waals surface area contributed by atoms with E-state index in [0.717, 1.165) is 22.0 Å². The molecule has 4 rings (SSSR count). The topological polar surface area (TPSA) is 79.0 Å². The number of nitrogens with zero attached hydrogens (tertiary/aromatic N) is 1. The van der Waals surface area contributed by atoms with E-state index in [2.05, 4.69) is 26.7 Å². The highest BCUT2D eigenvalue weighted by Crippen LogP contribution is 2.30. The number of nitrogens with one attached hydrogen (secondary N) is 3. The second-order valence-electron chi connectivity index (χ2n) is 6.81. The molecule has 2 heterocycles. The van der Waals surface area contributed by atoms with E-state index < -0.39 is 0 Å². The molecule has 0 fully saturated rings. The average Bonchev–Trinajstić information content (AvgIpc) is 3.19. The lowest BCUT2D eigenvalue weighted by Gasteiger charge is -2.18. The number of H-pyrrole nitrogens is 1. The maximum Gasteiger partial charge on any atom is 0.319 e. The van der Waals surface area contributed by atoms with Crippen molar-refractivity contribution >= 4 is 34.2 Å². The lowest BCUT2D eigenvalue weighted by molar-refractivity contribution is 0.251. The first-order valence-corrected chi connectivity index (χ1v) is 9.88. The van der Waals surface area contributed by atoms with Crippen molar-refractivity contribution in [3.8, 4) is 5.75 Å². The molecule has 0 saturated carbocycles. The van der Waals surface area contributed by atoms with E-state index in [-0.39, 0.29) is 11.9 Å². The maximum atomic E-state index is 12.6. The van der Waals surface area contributed by atoms with Crippen LogP contribution < -0.4 is 15.4 Å². The monoisotopic (exact) mass is 420 g/mol. The number of anilines is 1. The fourth-order valence-electron chi connectivity index (χ4n) is 3.51. The highest BCUT2D eigenvalue weighted by molar-refractivity contribution is 6.31. The number of urea groups is 1. The summed E-state index contributed by atoms with van der Waals surface area (Å²) in [5.74, 6) is 0.469. The van der Waals surface area contributed by atoms with E-state index >= 15 is 0 Å². The van der Waals surface area contributed by atoms with E-state index in [0.29, 0.717) is 23.0 Å². The Labute approximate surface area is 179 Å². The number of halogens is 1. The number of methoxy groups -OCH3 is 1. The average molecular weight is 421 g/mol. The van der Waals surface area contributed by atoms with Gasteiger partial charge in [0, 0.05) is 47.0 Å². The number of rotatable bonds is 6. The van der Waals surface area contributed by atoms with Gasteiger partial charge in [0.25, 0.3) is 0 Å². The highest BCUT2D eigenvalue weighted by atomic mass is 35.5. The van der Waals surface area contributed by atoms with Crippen molar-refractivity contribution in [1.82, 2.24) is 15.3 Å². The lowest BCUT2D eigenvalue weighted by atomic mass is 9.92. The van der Waals surface area contributed by atoms with Crippen molar-refractivity contribution in [2.45, 2.75) is 5.92 Å². The van der Waals surface area contributed by atoms with E-state index in [1.165, 1.54) is 0 Å². The number of aromatic nitrogens is 2. The third-order valence-electron chi connectivity index (χ3n) is 4.96. The molecule has 0 radical (unpaired) electrons. The summed E-state index contributed by atoms with van der Waals surface area (Å²) < 4.78 is 5.29. The summed E-state index contributed by atoms with van der Waals surface area (Å²) in [7, 11) is 1.54. The molecular weight excluding hydrogens is 400 g/mol. The van der Waals surface area contributed by atoms with Gasteiger partial charge in [-0.3, -0.25) is 4.98 Å². The zero-order valence-electron chi connectivity index (χ0n) is 16.4. The van der Waals surface area contributed by atoms with Crippen molar-refractivity contribution in [1.29, 1.82) is 0 Å². The van der Waals surface area contributed by atoms with Gasteiger partial charge in [0.05, 0.1) is 12.8 Å². The van der Waals surface area contributed by atoms with Crippen LogP contribution in [0.15, 0.2) is 73.2 Å². The Hall–Kier alpha value is -3.51. The van der Waals surface area contributed by atoms with Crippen LogP contribution in [0.4, 0.5) is 10.5 Å². The van der Waals surface area contributed by atoms with Gasteiger partial charge in [0.15, 0.2) is 0 Å².